The van der Waals surface area contributed by atoms with Gasteiger partial charge in [-0.2, -0.15) is 0 Å². The van der Waals surface area contributed by atoms with Gasteiger partial charge in [0.15, 0.2) is 0 Å². The highest BCUT2D eigenvalue weighted by Crippen LogP contribution is 2.26. The molecular formula is C16H22Cl2N2O. The van der Waals surface area contributed by atoms with E-state index in [1.165, 1.54) is 19.3 Å². The standard InChI is InChI=1S/C16H22Cl2N2O/c1-10-5-3-4-6-14(10)19-11(2)16(21)20-15-9-12(17)7-8-13(15)18/h7-11,14,19H,3-6H2,1-2H3,(H,20,21). The Morgan fingerprint density at radius 2 is 2.00 bits per heavy atom. The second kappa shape index (κ2) is 7.48. The third-order valence-electron chi connectivity index (χ3n) is 4.16. The molecule has 1 fully saturated rings. The molecule has 0 spiro atoms. The molecular weight excluding hydrogens is 307 g/mol. The van der Waals surface area contributed by atoms with Gasteiger partial charge >= 0.3 is 0 Å². The molecule has 0 aromatic heterocycles. The lowest BCUT2D eigenvalue weighted by molar-refractivity contribution is -0.118. The quantitative estimate of drug-likeness (QED) is 0.854. The lowest BCUT2D eigenvalue weighted by Gasteiger charge is -2.31. The van der Waals surface area contributed by atoms with E-state index < -0.39 is 0 Å². The van der Waals surface area contributed by atoms with Crippen LogP contribution >= 0.6 is 23.2 Å². The molecule has 0 radical (unpaired) electrons. The molecule has 1 aromatic carbocycles. The first kappa shape index (κ1) is 16.6. The lowest BCUT2D eigenvalue weighted by atomic mass is 9.85. The minimum Gasteiger partial charge on any atom is -0.323 e. The number of rotatable bonds is 4. The van der Waals surface area contributed by atoms with Crippen molar-refractivity contribution in [3.8, 4) is 0 Å². The van der Waals surface area contributed by atoms with Crippen molar-refractivity contribution >= 4 is 34.8 Å². The number of carbonyl (C=O) groups excluding carboxylic acids is 1. The number of benzene rings is 1. The van der Waals surface area contributed by atoms with Crippen LogP contribution in [0, 0.1) is 5.92 Å². The molecule has 2 N–H and O–H groups in total. The van der Waals surface area contributed by atoms with Gasteiger partial charge in [-0.25, -0.2) is 0 Å². The predicted octanol–water partition coefficient (Wildman–Crippen LogP) is 4.49. The summed E-state index contributed by atoms with van der Waals surface area (Å²) in [5.41, 5.74) is 0.555. The van der Waals surface area contributed by atoms with Gasteiger partial charge in [-0.1, -0.05) is 43.0 Å². The molecule has 3 unspecified atom stereocenters. The van der Waals surface area contributed by atoms with Crippen LogP contribution in [0.25, 0.3) is 0 Å². The van der Waals surface area contributed by atoms with Crippen molar-refractivity contribution in [1.29, 1.82) is 0 Å². The smallest absolute Gasteiger partial charge is 0.241 e. The fraction of sp³-hybridized carbons (Fsp3) is 0.562. The first-order valence-corrected chi connectivity index (χ1v) is 8.25. The van der Waals surface area contributed by atoms with E-state index in [4.69, 9.17) is 23.2 Å². The Morgan fingerprint density at radius 1 is 1.29 bits per heavy atom. The zero-order valence-corrected chi connectivity index (χ0v) is 14.0. The van der Waals surface area contributed by atoms with Crippen LogP contribution in [-0.4, -0.2) is 18.0 Å². The molecule has 1 saturated carbocycles. The number of hydrogen-bond donors (Lipinski definition) is 2. The largest absolute Gasteiger partial charge is 0.323 e. The molecule has 0 bridgehead atoms. The number of amides is 1. The molecule has 1 aliphatic rings. The Morgan fingerprint density at radius 3 is 2.71 bits per heavy atom. The molecule has 3 atom stereocenters. The molecule has 1 amide bonds. The van der Waals surface area contributed by atoms with Gasteiger partial charge < -0.3 is 10.6 Å². The predicted molar refractivity (Wildman–Crippen MR) is 89.1 cm³/mol. The highest BCUT2D eigenvalue weighted by molar-refractivity contribution is 6.35. The number of nitrogens with one attached hydrogen (secondary N) is 2. The van der Waals surface area contributed by atoms with Crippen molar-refractivity contribution in [1.82, 2.24) is 5.32 Å². The van der Waals surface area contributed by atoms with E-state index in [2.05, 4.69) is 17.6 Å². The zero-order valence-electron chi connectivity index (χ0n) is 12.5. The Kier molecular flexibility index (Phi) is 5.91. The van der Waals surface area contributed by atoms with Crippen molar-refractivity contribution in [2.24, 2.45) is 5.92 Å². The van der Waals surface area contributed by atoms with E-state index in [1.807, 2.05) is 6.92 Å². The Labute approximate surface area is 136 Å². The van der Waals surface area contributed by atoms with E-state index in [0.717, 1.165) is 6.42 Å². The highest BCUT2D eigenvalue weighted by Gasteiger charge is 2.25. The summed E-state index contributed by atoms with van der Waals surface area (Å²) >= 11 is 12.0. The third kappa shape index (κ3) is 4.60. The first-order chi connectivity index (χ1) is 9.97. The SMILES string of the molecule is CC(NC1CCCCC1C)C(=O)Nc1cc(Cl)ccc1Cl. The van der Waals surface area contributed by atoms with E-state index in [9.17, 15) is 4.79 Å². The second-order valence-electron chi connectivity index (χ2n) is 5.87. The van der Waals surface area contributed by atoms with Crippen LogP contribution in [0.15, 0.2) is 18.2 Å². The van der Waals surface area contributed by atoms with Crippen LogP contribution in [-0.2, 0) is 4.79 Å². The molecule has 0 aliphatic heterocycles. The van der Waals surface area contributed by atoms with Crippen molar-refractivity contribution < 1.29 is 4.79 Å². The number of hydrogen-bond acceptors (Lipinski definition) is 2. The summed E-state index contributed by atoms with van der Waals surface area (Å²) in [6.45, 7) is 4.13. The van der Waals surface area contributed by atoms with Gasteiger partial charge in [-0.15, -0.1) is 0 Å². The lowest BCUT2D eigenvalue weighted by Crippen LogP contribution is -2.47. The maximum Gasteiger partial charge on any atom is 0.241 e. The molecule has 21 heavy (non-hydrogen) atoms. The van der Waals surface area contributed by atoms with Crippen LogP contribution in [0.5, 0.6) is 0 Å². The van der Waals surface area contributed by atoms with Gasteiger partial charge in [-0.3, -0.25) is 4.79 Å². The molecule has 116 valence electrons. The molecule has 5 heteroatoms. The highest BCUT2D eigenvalue weighted by atomic mass is 35.5. The molecule has 1 aromatic rings. The Balaban J connectivity index is 1.94. The molecule has 1 aliphatic carbocycles. The van der Waals surface area contributed by atoms with Crippen LogP contribution in [0.3, 0.4) is 0 Å². The topological polar surface area (TPSA) is 41.1 Å². The summed E-state index contributed by atoms with van der Waals surface area (Å²) in [4.78, 5) is 12.3. The summed E-state index contributed by atoms with van der Waals surface area (Å²) in [6, 6.07) is 5.20. The maximum absolute atomic E-state index is 12.3. The number of halogens is 2. The minimum absolute atomic E-state index is 0.0862. The van der Waals surface area contributed by atoms with Gasteiger partial charge in [-0.05, 0) is 43.9 Å². The van der Waals surface area contributed by atoms with Crippen LogP contribution in [0.1, 0.15) is 39.5 Å². The van der Waals surface area contributed by atoms with Crippen molar-refractivity contribution in [3.05, 3.63) is 28.2 Å². The monoisotopic (exact) mass is 328 g/mol. The van der Waals surface area contributed by atoms with Gasteiger partial charge in [0.05, 0.1) is 16.8 Å². The molecule has 3 nitrogen and oxygen atoms in total. The Bertz CT molecular complexity index is 507. The summed E-state index contributed by atoms with van der Waals surface area (Å²) in [6.07, 6.45) is 4.89. The number of carbonyl (C=O) groups is 1. The summed E-state index contributed by atoms with van der Waals surface area (Å²) in [7, 11) is 0. The first-order valence-electron chi connectivity index (χ1n) is 7.49. The van der Waals surface area contributed by atoms with Crippen LogP contribution in [0.2, 0.25) is 10.0 Å². The van der Waals surface area contributed by atoms with E-state index in [1.54, 1.807) is 18.2 Å². The van der Waals surface area contributed by atoms with Crippen molar-refractivity contribution in [2.75, 3.05) is 5.32 Å². The fourth-order valence-electron chi connectivity index (χ4n) is 2.79. The molecule has 0 heterocycles. The van der Waals surface area contributed by atoms with Crippen LogP contribution < -0.4 is 10.6 Å². The van der Waals surface area contributed by atoms with Crippen molar-refractivity contribution in [2.45, 2.75) is 51.6 Å². The normalized spacial score (nSPS) is 23.6. The molecule has 0 saturated heterocycles. The van der Waals surface area contributed by atoms with E-state index in [0.29, 0.717) is 27.7 Å². The summed E-state index contributed by atoms with van der Waals surface area (Å²) in [5, 5.41) is 7.32. The van der Waals surface area contributed by atoms with Gasteiger partial charge in [0.1, 0.15) is 0 Å². The minimum atomic E-state index is -0.259. The van der Waals surface area contributed by atoms with Gasteiger partial charge in [0.2, 0.25) is 5.91 Å². The molecule has 2 rings (SSSR count). The third-order valence-corrected chi connectivity index (χ3v) is 4.72. The average molecular weight is 329 g/mol. The van der Waals surface area contributed by atoms with E-state index in [-0.39, 0.29) is 11.9 Å². The second-order valence-corrected chi connectivity index (χ2v) is 6.71. The zero-order chi connectivity index (χ0) is 15.4. The van der Waals surface area contributed by atoms with Gasteiger partial charge in [0, 0.05) is 11.1 Å². The summed E-state index contributed by atoms with van der Waals surface area (Å²) < 4.78 is 0. The average Bonchev–Trinajstić information content (AvgIpc) is 2.45. The fourth-order valence-corrected chi connectivity index (χ4v) is 3.13. The maximum atomic E-state index is 12.3. The van der Waals surface area contributed by atoms with Crippen molar-refractivity contribution in [3.63, 3.8) is 0 Å². The van der Waals surface area contributed by atoms with E-state index >= 15 is 0 Å². The van der Waals surface area contributed by atoms with Gasteiger partial charge in [0.25, 0.3) is 0 Å². The summed E-state index contributed by atoms with van der Waals surface area (Å²) in [5.74, 6) is 0.528. The van der Waals surface area contributed by atoms with Crippen LogP contribution in [0.4, 0.5) is 5.69 Å². The Hall–Kier alpha value is -0.770. The number of anilines is 1.